The molecule has 3 rings (SSSR count). The summed E-state index contributed by atoms with van der Waals surface area (Å²) < 4.78 is 6.44. The van der Waals surface area contributed by atoms with Crippen LogP contribution in [0.3, 0.4) is 0 Å². The lowest BCUT2D eigenvalue weighted by Crippen LogP contribution is -2.37. The summed E-state index contributed by atoms with van der Waals surface area (Å²) in [6, 6.07) is 1.52. The zero-order valence-electron chi connectivity index (χ0n) is 14.2. The minimum Gasteiger partial charge on any atom is -0.394 e. The van der Waals surface area contributed by atoms with Crippen molar-refractivity contribution in [2.75, 3.05) is 32.8 Å². The monoisotopic (exact) mass is 349 g/mol. The topological polar surface area (TPSA) is 108 Å². The number of carbonyl (C=O) groups is 1. The van der Waals surface area contributed by atoms with Crippen LogP contribution in [0.25, 0.3) is 0 Å². The van der Waals surface area contributed by atoms with Gasteiger partial charge < -0.3 is 19.6 Å². The number of aromatic nitrogens is 3. The number of aryl methyl sites for hydroxylation is 1. The highest BCUT2D eigenvalue weighted by Gasteiger charge is 2.26. The number of amides is 1. The molecule has 2 aromatic rings. The summed E-state index contributed by atoms with van der Waals surface area (Å²) in [4.78, 5) is 16.1. The van der Waals surface area contributed by atoms with Gasteiger partial charge in [0, 0.05) is 50.6 Å². The van der Waals surface area contributed by atoms with E-state index < -0.39 is 6.10 Å². The van der Waals surface area contributed by atoms with E-state index in [0.29, 0.717) is 32.7 Å². The molecule has 1 fully saturated rings. The highest BCUT2D eigenvalue weighted by Crippen LogP contribution is 2.14. The quantitative estimate of drug-likeness (QED) is 0.748. The number of hydrogen-bond donors (Lipinski definition) is 2. The maximum Gasteiger partial charge on any atom is 0.276 e. The van der Waals surface area contributed by atoms with Gasteiger partial charge in [0.15, 0.2) is 5.69 Å². The molecule has 2 aromatic heterocycles. The van der Waals surface area contributed by atoms with Crippen molar-refractivity contribution >= 4 is 5.91 Å². The molecule has 1 aliphatic rings. The molecule has 0 bridgehead atoms. The molecule has 0 aromatic carbocycles. The van der Waals surface area contributed by atoms with Gasteiger partial charge in [0.05, 0.1) is 24.9 Å². The largest absolute Gasteiger partial charge is 0.394 e. The maximum atomic E-state index is 12.4. The van der Waals surface area contributed by atoms with Gasteiger partial charge in [0.1, 0.15) is 6.26 Å². The van der Waals surface area contributed by atoms with Gasteiger partial charge in [-0.15, -0.1) is 0 Å². The molecule has 9 nitrogen and oxygen atoms in total. The number of aliphatic hydroxyl groups is 2. The van der Waals surface area contributed by atoms with Gasteiger partial charge in [-0.05, 0) is 6.92 Å². The highest BCUT2D eigenvalue weighted by atomic mass is 16.5. The Labute approximate surface area is 145 Å². The van der Waals surface area contributed by atoms with Gasteiger partial charge in [-0.25, -0.2) is 0 Å². The van der Waals surface area contributed by atoms with E-state index in [1.54, 1.807) is 9.58 Å². The molecule has 1 saturated heterocycles. The number of β-amino-alcohol motifs (C(OH)–C–C–N with tert-alkyl or cyclic N) is 1. The molecule has 25 heavy (non-hydrogen) atoms. The number of rotatable bonds is 5. The van der Waals surface area contributed by atoms with Gasteiger partial charge in [-0.3, -0.25) is 14.4 Å². The highest BCUT2D eigenvalue weighted by molar-refractivity contribution is 5.92. The molecule has 9 heteroatoms. The Morgan fingerprint density at radius 3 is 2.96 bits per heavy atom. The smallest absolute Gasteiger partial charge is 0.276 e. The van der Waals surface area contributed by atoms with Gasteiger partial charge in [-0.1, -0.05) is 5.16 Å². The Bertz CT molecular complexity index is 699. The number of nitrogens with zero attached hydrogens (tertiary/aromatic N) is 5. The lowest BCUT2D eigenvalue weighted by atomic mass is 10.2. The Kier molecular flexibility index (Phi) is 5.47. The molecular weight excluding hydrogens is 326 g/mol. The van der Waals surface area contributed by atoms with Crippen LogP contribution < -0.4 is 0 Å². The molecule has 1 atom stereocenters. The van der Waals surface area contributed by atoms with Gasteiger partial charge in [0.25, 0.3) is 5.91 Å². The van der Waals surface area contributed by atoms with Gasteiger partial charge in [-0.2, -0.15) is 5.10 Å². The molecule has 2 N–H and O–H groups in total. The summed E-state index contributed by atoms with van der Waals surface area (Å²) in [5.41, 5.74) is 2.21. The Morgan fingerprint density at radius 1 is 1.40 bits per heavy atom. The Hall–Kier alpha value is -2.23. The van der Waals surface area contributed by atoms with Crippen molar-refractivity contribution in [3.63, 3.8) is 0 Å². The fraction of sp³-hybridized carbons (Fsp3) is 0.562. The van der Waals surface area contributed by atoms with Crippen LogP contribution in [0.15, 0.2) is 23.0 Å². The SMILES string of the molecule is Cc1nn(CCO)cc1CN1CCN(C(=O)c2ccon2)CC(O)C1. The molecule has 0 saturated carbocycles. The Morgan fingerprint density at radius 2 is 2.24 bits per heavy atom. The third-order valence-corrected chi connectivity index (χ3v) is 4.30. The first-order valence-corrected chi connectivity index (χ1v) is 8.30. The Balaban J connectivity index is 1.64. The van der Waals surface area contributed by atoms with E-state index in [1.807, 2.05) is 13.1 Å². The molecule has 1 unspecified atom stereocenters. The zero-order valence-corrected chi connectivity index (χ0v) is 14.2. The van der Waals surface area contributed by atoms with E-state index in [0.717, 1.165) is 11.3 Å². The summed E-state index contributed by atoms with van der Waals surface area (Å²) in [6.45, 7) is 4.97. The van der Waals surface area contributed by atoms with Gasteiger partial charge in [0.2, 0.25) is 0 Å². The van der Waals surface area contributed by atoms with Crippen molar-refractivity contribution in [2.45, 2.75) is 26.1 Å². The van der Waals surface area contributed by atoms with Crippen LogP contribution in [0.1, 0.15) is 21.7 Å². The first-order chi connectivity index (χ1) is 12.1. The van der Waals surface area contributed by atoms with Crippen molar-refractivity contribution in [3.8, 4) is 0 Å². The van der Waals surface area contributed by atoms with E-state index in [9.17, 15) is 9.90 Å². The molecule has 136 valence electrons. The van der Waals surface area contributed by atoms with Crippen molar-refractivity contribution in [1.29, 1.82) is 0 Å². The molecule has 0 aliphatic carbocycles. The van der Waals surface area contributed by atoms with E-state index in [4.69, 9.17) is 9.63 Å². The molecule has 0 spiro atoms. The third kappa shape index (κ3) is 4.25. The lowest BCUT2D eigenvalue weighted by molar-refractivity contribution is 0.0653. The van der Waals surface area contributed by atoms with E-state index >= 15 is 0 Å². The van der Waals surface area contributed by atoms with Crippen molar-refractivity contribution in [3.05, 3.63) is 35.5 Å². The minimum absolute atomic E-state index is 0.0438. The fourth-order valence-electron chi connectivity index (χ4n) is 3.04. The van der Waals surface area contributed by atoms with Crippen LogP contribution in [0.2, 0.25) is 0 Å². The standard InChI is InChI=1S/C16H23N5O4/c1-12-13(9-21(17-12)5-6-22)8-19-3-4-20(11-14(23)10-19)16(24)15-2-7-25-18-15/h2,7,9,14,22-23H,3-6,8,10-11H2,1H3. The van der Waals surface area contributed by atoms with Crippen molar-refractivity contribution < 1.29 is 19.5 Å². The van der Waals surface area contributed by atoms with E-state index in [-0.39, 0.29) is 24.8 Å². The number of aliphatic hydroxyl groups excluding tert-OH is 2. The summed E-state index contributed by atoms with van der Waals surface area (Å²) in [7, 11) is 0. The molecule has 0 radical (unpaired) electrons. The number of hydrogen-bond acceptors (Lipinski definition) is 7. The van der Waals surface area contributed by atoms with Crippen molar-refractivity contribution in [2.24, 2.45) is 0 Å². The molecule has 3 heterocycles. The summed E-state index contributed by atoms with van der Waals surface area (Å²) in [5, 5.41) is 27.3. The molecule has 1 amide bonds. The second kappa shape index (κ2) is 7.77. The number of carbonyl (C=O) groups excluding carboxylic acids is 1. The minimum atomic E-state index is -0.633. The first kappa shape index (κ1) is 17.6. The molecule has 1 aliphatic heterocycles. The average Bonchev–Trinajstić information content (AvgIpc) is 3.17. The first-order valence-electron chi connectivity index (χ1n) is 8.30. The predicted molar refractivity (Wildman–Crippen MR) is 87.7 cm³/mol. The van der Waals surface area contributed by atoms with Crippen LogP contribution in [0, 0.1) is 6.92 Å². The molecular formula is C16H23N5O4. The van der Waals surface area contributed by atoms with Crippen LogP contribution in [0.5, 0.6) is 0 Å². The van der Waals surface area contributed by atoms with Crippen LogP contribution >= 0.6 is 0 Å². The summed E-state index contributed by atoms with van der Waals surface area (Å²) >= 11 is 0. The maximum absolute atomic E-state index is 12.4. The second-order valence-electron chi connectivity index (χ2n) is 6.25. The average molecular weight is 349 g/mol. The van der Waals surface area contributed by atoms with E-state index in [1.165, 1.54) is 12.3 Å². The zero-order chi connectivity index (χ0) is 17.8. The van der Waals surface area contributed by atoms with Gasteiger partial charge >= 0.3 is 0 Å². The lowest BCUT2D eigenvalue weighted by Gasteiger charge is -2.20. The second-order valence-corrected chi connectivity index (χ2v) is 6.25. The van der Waals surface area contributed by atoms with Crippen molar-refractivity contribution in [1.82, 2.24) is 24.7 Å². The third-order valence-electron chi connectivity index (χ3n) is 4.30. The van der Waals surface area contributed by atoms with E-state index in [2.05, 4.69) is 15.2 Å². The normalized spacial score (nSPS) is 19.2. The summed E-state index contributed by atoms with van der Waals surface area (Å²) in [6.07, 6.45) is 2.65. The van der Waals surface area contributed by atoms with Crippen LogP contribution in [-0.2, 0) is 13.1 Å². The van der Waals surface area contributed by atoms with Crippen LogP contribution in [-0.4, -0.2) is 79.7 Å². The summed E-state index contributed by atoms with van der Waals surface area (Å²) in [5.74, 6) is -0.235. The predicted octanol–water partition coefficient (Wildman–Crippen LogP) is -0.509. The fourth-order valence-corrected chi connectivity index (χ4v) is 3.04. The van der Waals surface area contributed by atoms with Crippen LogP contribution in [0.4, 0.5) is 0 Å².